The van der Waals surface area contributed by atoms with Gasteiger partial charge >= 0.3 is 0 Å². The molecule has 6 nitrogen and oxygen atoms in total. The molecule has 0 spiro atoms. The number of sulfonamides is 1. The molecule has 2 N–H and O–H groups in total. The van der Waals surface area contributed by atoms with Crippen molar-refractivity contribution >= 4 is 38.7 Å². The van der Waals surface area contributed by atoms with Gasteiger partial charge in [0.25, 0.3) is 0 Å². The molecule has 2 bridgehead atoms. The minimum absolute atomic E-state index is 0.0503. The van der Waals surface area contributed by atoms with Crippen LogP contribution in [0.25, 0.3) is 0 Å². The predicted octanol–water partition coefficient (Wildman–Crippen LogP) is 7.51. The van der Waals surface area contributed by atoms with Gasteiger partial charge in [-0.25, -0.2) is 12.8 Å². The summed E-state index contributed by atoms with van der Waals surface area (Å²) >= 11 is 7.91. The fourth-order valence-corrected chi connectivity index (χ4v) is 9.34. The highest BCUT2D eigenvalue weighted by Gasteiger charge is 2.57. The van der Waals surface area contributed by atoms with Crippen LogP contribution in [-0.2, 0) is 29.3 Å². The number of hydrogen-bond acceptors (Lipinski definition) is 6. The number of thiophene rings is 1. The van der Waals surface area contributed by atoms with Gasteiger partial charge in [0.1, 0.15) is 5.82 Å². The molecule has 3 aromatic rings. The molecule has 254 valence electrons. The molecule has 3 aliphatic carbocycles. The summed E-state index contributed by atoms with van der Waals surface area (Å²) in [5.74, 6) is -1.12. The van der Waals surface area contributed by atoms with Crippen LogP contribution in [0.15, 0.2) is 65.6 Å². The van der Waals surface area contributed by atoms with Gasteiger partial charge in [-0.2, -0.15) is 4.31 Å². The molecule has 1 fully saturated rings. The first kappa shape index (κ1) is 35.9. The Morgan fingerprint density at radius 3 is 2.64 bits per heavy atom. The number of fused-ring (bicyclic) bond motifs is 8. The Morgan fingerprint density at radius 1 is 1.15 bits per heavy atom. The molecule has 2 aromatic carbocycles. The Labute approximate surface area is 287 Å². The summed E-state index contributed by atoms with van der Waals surface area (Å²) in [4.78, 5) is 15.2. The topological polar surface area (TPSA) is 94.9 Å². The minimum Gasteiger partial charge on any atom is -0.393 e. The summed E-state index contributed by atoms with van der Waals surface area (Å²) in [6.07, 6.45) is 6.83. The third kappa shape index (κ3) is 8.09. The zero-order valence-corrected chi connectivity index (χ0v) is 29.7. The molecule has 47 heavy (non-hydrogen) atoms. The third-order valence-electron chi connectivity index (χ3n) is 10.5. The molecule has 0 saturated heterocycles. The summed E-state index contributed by atoms with van der Waals surface area (Å²) in [5.41, 5.74) is 1.09. The zero-order chi connectivity index (χ0) is 34.0. The SMILES string of the molecule is CC1=CCCC2(C)C(CCC2(O)CN(CCc2cccs2)S(C)(=O)=O)c2ccc(cc2C(=O)Cc2c(F)cccc2Cl)CC(O)CC1. The van der Waals surface area contributed by atoms with Gasteiger partial charge in [0.15, 0.2) is 5.78 Å². The standard InChI is InChI=1S/C37H45ClFNO5S2/c1-25-7-5-17-36(2)32(15-18-37(36,43)24-40(47(3,44)45)19-16-28-8-6-20-46-28)29-14-12-26(21-27(41)13-11-25)22-30(29)35(42)23-31-33(38)9-4-10-34(31)39/h4,6-10,12,14,20,22,27,32,41,43H,5,11,13,15-19,21,23-24H2,1-3H3. The van der Waals surface area contributed by atoms with Crippen LogP contribution in [0.3, 0.4) is 0 Å². The van der Waals surface area contributed by atoms with Gasteiger partial charge in [-0.3, -0.25) is 4.79 Å². The van der Waals surface area contributed by atoms with Crippen LogP contribution in [0.4, 0.5) is 4.39 Å². The van der Waals surface area contributed by atoms with Crippen LogP contribution in [0, 0.1) is 11.2 Å². The second-order valence-corrected chi connectivity index (χ2v) is 17.1. The van der Waals surface area contributed by atoms with Crippen molar-refractivity contribution in [2.75, 3.05) is 19.3 Å². The van der Waals surface area contributed by atoms with E-state index in [9.17, 15) is 27.8 Å². The van der Waals surface area contributed by atoms with Gasteiger partial charge in [-0.15, -0.1) is 11.3 Å². The second-order valence-electron chi connectivity index (χ2n) is 13.7. The summed E-state index contributed by atoms with van der Waals surface area (Å²) < 4.78 is 42.4. The summed E-state index contributed by atoms with van der Waals surface area (Å²) in [6, 6.07) is 13.9. The lowest BCUT2D eigenvalue weighted by atomic mass is 9.64. The van der Waals surface area contributed by atoms with Crippen molar-refractivity contribution in [2.45, 2.75) is 89.3 Å². The molecule has 0 amide bonds. The normalized spacial score (nSPS) is 25.4. The molecule has 4 unspecified atom stereocenters. The van der Waals surface area contributed by atoms with E-state index in [0.29, 0.717) is 56.9 Å². The van der Waals surface area contributed by atoms with Crippen LogP contribution < -0.4 is 0 Å². The van der Waals surface area contributed by atoms with Gasteiger partial charge in [-0.1, -0.05) is 54.4 Å². The van der Waals surface area contributed by atoms with Crippen molar-refractivity contribution in [1.29, 1.82) is 0 Å². The lowest BCUT2D eigenvalue weighted by molar-refractivity contribution is -0.0722. The second kappa shape index (κ2) is 14.6. The van der Waals surface area contributed by atoms with Gasteiger partial charge in [0.05, 0.1) is 18.0 Å². The highest BCUT2D eigenvalue weighted by atomic mass is 35.5. The average molecular weight is 702 g/mol. The molecule has 1 saturated carbocycles. The first-order valence-corrected chi connectivity index (χ1v) is 19.4. The summed E-state index contributed by atoms with van der Waals surface area (Å²) in [6.45, 7) is 4.28. The van der Waals surface area contributed by atoms with Crippen LogP contribution in [0.1, 0.15) is 90.2 Å². The van der Waals surface area contributed by atoms with E-state index in [2.05, 4.69) is 6.08 Å². The number of nitrogens with zero attached hydrogens (tertiary/aromatic N) is 1. The van der Waals surface area contributed by atoms with E-state index in [1.165, 1.54) is 22.7 Å². The van der Waals surface area contributed by atoms with Gasteiger partial charge in [0.2, 0.25) is 10.0 Å². The molecule has 1 heterocycles. The van der Waals surface area contributed by atoms with Crippen LogP contribution >= 0.6 is 22.9 Å². The molecule has 10 heteroatoms. The molecular formula is C37H45ClFNO5S2. The molecule has 4 atom stereocenters. The monoisotopic (exact) mass is 701 g/mol. The van der Waals surface area contributed by atoms with Gasteiger partial charge in [-0.05, 0) is 105 Å². The van der Waals surface area contributed by atoms with Crippen molar-refractivity contribution in [3.05, 3.63) is 104 Å². The Bertz CT molecular complexity index is 1710. The van der Waals surface area contributed by atoms with E-state index in [4.69, 9.17) is 11.6 Å². The lowest BCUT2D eigenvalue weighted by Crippen LogP contribution is -2.54. The van der Waals surface area contributed by atoms with E-state index in [0.717, 1.165) is 21.6 Å². The number of carbonyl (C=O) groups excluding carboxylic acids is 1. The number of allylic oxidation sites excluding steroid dienone is 2. The van der Waals surface area contributed by atoms with E-state index < -0.39 is 33.0 Å². The molecular weight excluding hydrogens is 657 g/mol. The number of Topliss-reactive ketones (excluding diaryl/α,β-unsaturated/α-hetero) is 1. The number of benzene rings is 2. The van der Waals surface area contributed by atoms with Crippen molar-refractivity contribution in [3.8, 4) is 0 Å². The zero-order valence-electron chi connectivity index (χ0n) is 27.3. The lowest BCUT2D eigenvalue weighted by Gasteiger charge is -2.45. The van der Waals surface area contributed by atoms with E-state index >= 15 is 0 Å². The van der Waals surface area contributed by atoms with Crippen LogP contribution in [0.2, 0.25) is 5.02 Å². The van der Waals surface area contributed by atoms with Gasteiger partial charge < -0.3 is 10.2 Å². The Hall–Kier alpha value is -2.40. The van der Waals surface area contributed by atoms with Gasteiger partial charge in [0, 0.05) is 46.0 Å². The number of aliphatic hydroxyl groups is 2. The maximum Gasteiger partial charge on any atom is 0.211 e. The Kier molecular flexibility index (Phi) is 11.2. The van der Waals surface area contributed by atoms with E-state index in [1.807, 2.05) is 49.6 Å². The highest BCUT2D eigenvalue weighted by molar-refractivity contribution is 7.88. The first-order chi connectivity index (χ1) is 22.2. The summed E-state index contributed by atoms with van der Waals surface area (Å²) in [7, 11) is -3.64. The number of aliphatic hydroxyl groups excluding tert-OH is 1. The molecule has 6 rings (SSSR count). The maximum absolute atomic E-state index is 14.8. The molecule has 0 aliphatic heterocycles. The smallest absolute Gasteiger partial charge is 0.211 e. The molecule has 3 aliphatic rings. The maximum atomic E-state index is 14.8. The van der Waals surface area contributed by atoms with Crippen molar-refractivity contribution in [1.82, 2.24) is 4.31 Å². The van der Waals surface area contributed by atoms with Crippen molar-refractivity contribution in [2.24, 2.45) is 5.41 Å². The number of carbonyl (C=O) groups is 1. The summed E-state index contributed by atoms with van der Waals surface area (Å²) in [5, 5.41) is 25.6. The highest BCUT2D eigenvalue weighted by Crippen LogP contribution is 2.59. The van der Waals surface area contributed by atoms with Crippen molar-refractivity contribution in [3.63, 3.8) is 0 Å². The molecule has 1 aromatic heterocycles. The average Bonchev–Trinajstić information content (AvgIpc) is 3.61. The quantitative estimate of drug-likeness (QED) is 0.178. The first-order valence-electron chi connectivity index (χ1n) is 16.3. The van der Waals surface area contributed by atoms with Crippen LogP contribution in [-0.4, -0.2) is 59.8 Å². The van der Waals surface area contributed by atoms with E-state index in [1.54, 1.807) is 17.4 Å². The fourth-order valence-electron chi connectivity index (χ4n) is 7.54. The molecule has 0 radical (unpaired) electrons. The third-order valence-corrected chi connectivity index (χ3v) is 13.0. The number of hydrogen-bond donors (Lipinski definition) is 2. The largest absolute Gasteiger partial charge is 0.393 e. The van der Waals surface area contributed by atoms with E-state index in [-0.39, 0.29) is 41.8 Å². The Morgan fingerprint density at radius 2 is 1.94 bits per heavy atom. The van der Waals surface area contributed by atoms with Crippen LogP contribution in [0.5, 0.6) is 0 Å². The van der Waals surface area contributed by atoms with Crippen molar-refractivity contribution < 1.29 is 27.8 Å². The Balaban J connectivity index is 1.57. The fraction of sp³-hybridized carbons (Fsp3) is 0.486. The number of rotatable bonds is 9. The minimum atomic E-state index is -3.64. The number of halogens is 2. The number of ketones is 1. The predicted molar refractivity (Wildman–Crippen MR) is 187 cm³/mol.